The fourth-order valence-corrected chi connectivity index (χ4v) is 5.19. The van der Waals surface area contributed by atoms with E-state index in [4.69, 9.17) is 9.72 Å². The molecule has 0 N–H and O–H groups in total. The Kier molecular flexibility index (Phi) is 4.90. The molecule has 0 spiro atoms. The number of nitrogens with zero attached hydrogens (tertiary/aromatic N) is 3. The molecular weight excluding hydrogens is 334 g/mol. The first-order chi connectivity index (χ1) is 12.3. The summed E-state index contributed by atoms with van der Waals surface area (Å²) in [6.45, 7) is 3.54. The lowest BCUT2D eigenvalue weighted by Gasteiger charge is -2.47. The van der Waals surface area contributed by atoms with Gasteiger partial charge in [-0.05, 0) is 37.3 Å². The van der Waals surface area contributed by atoms with Crippen molar-refractivity contribution < 1.29 is 9.53 Å². The molecule has 134 valence electrons. The standard InChI is InChI=1S/C19H25N3O2S/c1-24-12-4-10-22-16-9-11-21(13-14(16)7-8-18(22)23)19-20-15-5-2-3-6-17(15)25-19/h2-3,5-6,14,16H,4,7-13H2,1H3/t14-,16+/m0/s1. The molecule has 2 aromatic rings. The third-order valence-corrected chi connectivity index (χ3v) is 6.54. The van der Waals surface area contributed by atoms with Crippen LogP contribution in [0.2, 0.25) is 0 Å². The van der Waals surface area contributed by atoms with Crippen LogP contribution in [0.25, 0.3) is 10.2 Å². The SMILES string of the molecule is COCCCN1C(=O)CC[C@H]2CN(c3nc4ccccc4s3)CC[C@H]21. The van der Waals surface area contributed by atoms with Crippen molar-refractivity contribution in [2.24, 2.45) is 5.92 Å². The van der Waals surface area contributed by atoms with Gasteiger partial charge in [-0.15, -0.1) is 0 Å². The minimum atomic E-state index is 0.325. The van der Waals surface area contributed by atoms with E-state index in [1.807, 2.05) is 6.07 Å². The van der Waals surface area contributed by atoms with Crippen molar-refractivity contribution in [3.63, 3.8) is 0 Å². The summed E-state index contributed by atoms with van der Waals surface area (Å²) in [7, 11) is 1.72. The third kappa shape index (κ3) is 3.37. The van der Waals surface area contributed by atoms with Gasteiger partial charge in [0.15, 0.2) is 5.13 Å². The summed E-state index contributed by atoms with van der Waals surface area (Å²) in [5.41, 5.74) is 1.09. The summed E-state index contributed by atoms with van der Waals surface area (Å²) in [6, 6.07) is 8.73. The largest absolute Gasteiger partial charge is 0.385 e. The second-order valence-corrected chi connectivity index (χ2v) is 8.01. The zero-order valence-corrected chi connectivity index (χ0v) is 15.5. The molecule has 2 atom stereocenters. The number of fused-ring (bicyclic) bond motifs is 2. The number of likely N-dealkylation sites (tertiary alicyclic amines) is 1. The normalized spacial score (nSPS) is 24.0. The van der Waals surface area contributed by atoms with E-state index in [0.29, 0.717) is 24.3 Å². The van der Waals surface area contributed by atoms with E-state index >= 15 is 0 Å². The number of amides is 1. The number of rotatable bonds is 5. The summed E-state index contributed by atoms with van der Waals surface area (Å²) < 4.78 is 6.40. The van der Waals surface area contributed by atoms with Gasteiger partial charge in [-0.25, -0.2) is 4.98 Å². The molecule has 0 bridgehead atoms. The Morgan fingerprint density at radius 3 is 3.04 bits per heavy atom. The molecule has 1 aromatic heterocycles. The molecule has 4 rings (SSSR count). The Morgan fingerprint density at radius 2 is 2.20 bits per heavy atom. The first-order valence-corrected chi connectivity index (χ1v) is 9.97. The first kappa shape index (κ1) is 16.8. The van der Waals surface area contributed by atoms with Gasteiger partial charge in [-0.1, -0.05) is 23.5 Å². The van der Waals surface area contributed by atoms with Crippen LogP contribution in [0, 0.1) is 5.92 Å². The molecule has 1 amide bonds. The quantitative estimate of drug-likeness (QED) is 0.770. The number of ether oxygens (including phenoxy) is 1. The van der Waals surface area contributed by atoms with E-state index in [1.165, 1.54) is 4.70 Å². The highest BCUT2D eigenvalue weighted by atomic mass is 32.1. The number of benzene rings is 1. The molecule has 6 heteroatoms. The zero-order valence-electron chi connectivity index (χ0n) is 14.7. The van der Waals surface area contributed by atoms with Crippen LogP contribution in [0.15, 0.2) is 24.3 Å². The van der Waals surface area contributed by atoms with Crippen molar-refractivity contribution in [3.05, 3.63) is 24.3 Å². The highest BCUT2D eigenvalue weighted by molar-refractivity contribution is 7.22. The van der Waals surface area contributed by atoms with Crippen LogP contribution in [0.3, 0.4) is 0 Å². The Labute approximate surface area is 152 Å². The number of hydrogen-bond acceptors (Lipinski definition) is 5. The van der Waals surface area contributed by atoms with Crippen molar-refractivity contribution in [3.8, 4) is 0 Å². The van der Waals surface area contributed by atoms with Gasteiger partial charge >= 0.3 is 0 Å². The number of carbonyl (C=O) groups excluding carboxylic acids is 1. The number of carbonyl (C=O) groups is 1. The number of thiazole rings is 1. The topological polar surface area (TPSA) is 45.7 Å². The number of piperidine rings is 2. The van der Waals surface area contributed by atoms with Crippen LogP contribution < -0.4 is 4.90 Å². The van der Waals surface area contributed by atoms with Crippen molar-refractivity contribution >= 4 is 32.6 Å². The summed E-state index contributed by atoms with van der Waals surface area (Å²) >= 11 is 1.78. The van der Waals surface area contributed by atoms with E-state index in [1.54, 1.807) is 18.4 Å². The van der Waals surface area contributed by atoms with Gasteiger partial charge < -0.3 is 14.5 Å². The molecule has 2 aliphatic rings. The summed E-state index contributed by atoms with van der Waals surface area (Å²) in [6.07, 6.45) is 3.65. The van der Waals surface area contributed by atoms with Crippen LogP contribution in [0.1, 0.15) is 25.7 Å². The molecule has 0 saturated carbocycles. The Morgan fingerprint density at radius 1 is 1.32 bits per heavy atom. The van der Waals surface area contributed by atoms with Crippen LogP contribution in [-0.4, -0.2) is 55.2 Å². The van der Waals surface area contributed by atoms with Gasteiger partial charge in [-0.3, -0.25) is 4.79 Å². The molecule has 2 fully saturated rings. The predicted molar refractivity (Wildman–Crippen MR) is 101 cm³/mol. The molecule has 25 heavy (non-hydrogen) atoms. The second-order valence-electron chi connectivity index (χ2n) is 7.00. The maximum absolute atomic E-state index is 12.4. The van der Waals surface area contributed by atoms with E-state index in [9.17, 15) is 4.79 Å². The minimum Gasteiger partial charge on any atom is -0.385 e. The highest BCUT2D eigenvalue weighted by Crippen LogP contribution is 2.36. The van der Waals surface area contributed by atoms with Gasteiger partial charge in [0.05, 0.1) is 10.2 Å². The van der Waals surface area contributed by atoms with E-state index < -0.39 is 0 Å². The number of methoxy groups -OCH3 is 1. The molecular formula is C19H25N3O2S. The second kappa shape index (κ2) is 7.30. The maximum Gasteiger partial charge on any atom is 0.222 e. The first-order valence-electron chi connectivity index (χ1n) is 9.15. The minimum absolute atomic E-state index is 0.325. The summed E-state index contributed by atoms with van der Waals surface area (Å²) in [5, 5.41) is 1.13. The maximum atomic E-state index is 12.4. The van der Waals surface area contributed by atoms with Crippen LogP contribution >= 0.6 is 11.3 Å². The van der Waals surface area contributed by atoms with E-state index in [-0.39, 0.29) is 0 Å². The third-order valence-electron chi connectivity index (χ3n) is 5.44. The number of anilines is 1. The van der Waals surface area contributed by atoms with E-state index in [2.05, 4.69) is 28.0 Å². The van der Waals surface area contributed by atoms with Crippen molar-refractivity contribution in [2.45, 2.75) is 31.7 Å². The molecule has 3 heterocycles. The van der Waals surface area contributed by atoms with Crippen molar-refractivity contribution in [1.82, 2.24) is 9.88 Å². The average molecular weight is 359 g/mol. The smallest absolute Gasteiger partial charge is 0.222 e. The van der Waals surface area contributed by atoms with Crippen LogP contribution in [0.4, 0.5) is 5.13 Å². The lowest BCUT2D eigenvalue weighted by molar-refractivity contribution is -0.139. The summed E-state index contributed by atoms with van der Waals surface area (Å²) in [4.78, 5) is 21.7. The molecule has 0 unspecified atom stereocenters. The summed E-state index contributed by atoms with van der Waals surface area (Å²) in [5.74, 6) is 0.881. The molecule has 2 saturated heterocycles. The van der Waals surface area contributed by atoms with Gasteiger partial charge in [-0.2, -0.15) is 0 Å². The number of aromatic nitrogens is 1. The Hall–Kier alpha value is -1.66. The number of para-hydroxylation sites is 1. The Balaban J connectivity index is 1.46. The van der Waals surface area contributed by atoms with Crippen molar-refractivity contribution in [2.75, 3.05) is 38.3 Å². The molecule has 1 aromatic carbocycles. The monoisotopic (exact) mass is 359 g/mol. The van der Waals surface area contributed by atoms with E-state index in [0.717, 1.165) is 56.2 Å². The lowest BCUT2D eigenvalue weighted by Crippen LogP contribution is -2.56. The number of hydrogen-bond donors (Lipinski definition) is 0. The van der Waals surface area contributed by atoms with Crippen molar-refractivity contribution in [1.29, 1.82) is 0 Å². The molecule has 0 aliphatic carbocycles. The fraction of sp³-hybridized carbons (Fsp3) is 0.579. The lowest BCUT2D eigenvalue weighted by atomic mass is 9.83. The predicted octanol–water partition coefficient (Wildman–Crippen LogP) is 3.15. The molecule has 2 aliphatic heterocycles. The zero-order chi connectivity index (χ0) is 17.2. The van der Waals surface area contributed by atoms with Gasteiger partial charge in [0.25, 0.3) is 0 Å². The van der Waals surface area contributed by atoms with Crippen LogP contribution in [-0.2, 0) is 9.53 Å². The van der Waals surface area contributed by atoms with Gasteiger partial charge in [0, 0.05) is 45.8 Å². The van der Waals surface area contributed by atoms with Gasteiger partial charge in [0.2, 0.25) is 5.91 Å². The molecule has 0 radical (unpaired) electrons. The average Bonchev–Trinajstić information content (AvgIpc) is 3.07. The fourth-order valence-electron chi connectivity index (χ4n) is 4.19. The van der Waals surface area contributed by atoms with Crippen LogP contribution in [0.5, 0.6) is 0 Å². The highest BCUT2D eigenvalue weighted by Gasteiger charge is 2.39. The Bertz CT molecular complexity index is 714. The van der Waals surface area contributed by atoms with Gasteiger partial charge in [0.1, 0.15) is 0 Å². The molecule has 5 nitrogen and oxygen atoms in total.